The maximum Gasteiger partial charge on any atom is 0.249 e. The summed E-state index contributed by atoms with van der Waals surface area (Å²) in [6, 6.07) is 0. The highest BCUT2D eigenvalue weighted by Crippen LogP contribution is 2.29. The van der Waals surface area contributed by atoms with E-state index in [1.807, 2.05) is 11.8 Å². The van der Waals surface area contributed by atoms with Crippen LogP contribution in [0.5, 0.6) is 0 Å². The molecule has 0 saturated carbocycles. The molecule has 0 spiro atoms. The van der Waals surface area contributed by atoms with Crippen molar-refractivity contribution in [3.8, 4) is 0 Å². The fourth-order valence-electron chi connectivity index (χ4n) is 2.29. The number of thioether (sulfide) groups is 1. The van der Waals surface area contributed by atoms with Crippen LogP contribution in [0.15, 0.2) is 0 Å². The second-order valence-corrected chi connectivity index (χ2v) is 6.15. The van der Waals surface area contributed by atoms with Gasteiger partial charge in [0.05, 0.1) is 6.10 Å². The van der Waals surface area contributed by atoms with Crippen LogP contribution in [0, 0.1) is 0 Å². The number of carbonyl (C=O) groups excluding carboxylic acids is 1. The van der Waals surface area contributed by atoms with Gasteiger partial charge in [-0.3, -0.25) is 4.79 Å². The maximum absolute atomic E-state index is 12.0. The lowest BCUT2D eigenvalue weighted by Crippen LogP contribution is -2.43. The van der Waals surface area contributed by atoms with Gasteiger partial charge >= 0.3 is 0 Å². The predicted octanol–water partition coefficient (Wildman–Crippen LogP) is 1.95. The Bertz CT molecular complexity index is 267. The van der Waals surface area contributed by atoms with Gasteiger partial charge in [-0.25, -0.2) is 0 Å². The fraction of sp³-hybridized carbons (Fsp3) is 0.923. The number of nitrogens with one attached hydrogen (secondary N) is 1. The zero-order valence-corrected chi connectivity index (χ0v) is 13.7. The first-order valence-corrected chi connectivity index (χ1v) is 8.01. The number of hydrogen-bond donors (Lipinski definition) is 2. The van der Waals surface area contributed by atoms with Gasteiger partial charge in [0, 0.05) is 17.8 Å². The molecule has 0 aromatic rings. The molecule has 0 unspecified atom stereocenters. The number of halogens is 1. The van der Waals surface area contributed by atoms with Crippen LogP contribution in [0.3, 0.4) is 0 Å². The van der Waals surface area contributed by atoms with Gasteiger partial charge in [-0.1, -0.05) is 13.8 Å². The van der Waals surface area contributed by atoms with Crippen LogP contribution in [-0.2, 0) is 9.53 Å². The van der Waals surface area contributed by atoms with E-state index < -0.39 is 0 Å². The van der Waals surface area contributed by atoms with E-state index in [-0.39, 0.29) is 35.3 Å². The zero-order valence-electron chi connectivity index (χ0n) is 12.1. The number of ether oxygens (including phenoxy) is 1. The van der Waals surface area contributed by atoms with E-state index in [2.05, 4.69) is 25.4 Å². The molecule has 1 heterocycles. The fourth-order valence-corrected chi connectivity index (χ4v) is 3.09. The van der Waals surface area contributed by atoms with Crippen molar-refractivity contribution in [3.63, 3.8) is 0 Å². The predicted molar refractivity (Wildman–Crippen MR) is 84.0 cm³/mol. The Morgan fingerprint density at radius 2 is 2.05 bits per heavy atom. The molecule has 6 heteroatoms. The Kier molecular flexibility index (Phi) is 9.07. The van der Waals surface area contributed by atoms with Crippen LogP contribution in [-0.4, -0.2) is 42.2 Å². The van der Waals surface area contributed by atoms with Crippen LogP contribution < -0.4 is 11.1 Å². The molecule has 0 aliphatic carbocycles. The highest BCUT2D eigenvalue weighted by atomic mass is 35.5. The molecule has 1 aliphatic heterocycles. The molecule has 0 aromatic heterocycles. The average molecular weight is 311 g/mol. The van der Waals surface area contributed by atoms with Crippen LogP contribution in [0.25, 0.3) is 0 Å². The van der Waals surface area contributed by atoms with Crippen molar-refractivity contribution in [2.24, 2.45) is 5.73 Å². The first-order valence-electron chi connectivity index (χ1n) is 6.79. The summed E-state index contributed by atoms with van der Waals surface area (Å²) >= 11 is 1.83. The molecule has 1 fully saturated rings. The Labute approximate surface area is 127 Å². The van der Waals surface area contributed by atoms with Crippen LogP contribution >= 0.6 is 24.2 Å². The highest BCUT2D eigenvalue weighted by Gasteiger charge is 2.32. The summed E-state index contributed by atoms with van der Waals surface area (Å²) in [4.78, 5) is 12.0. The van der Waals surface area contributed by atoms with Gasteiger partial charge < -0.3 is 15.8 Å². The molecular weight excluding hydrogens is 284 g/mol. The van der Waals surface area contributed by atoms with E-state index in [4.69, 9.17) is 10.5 Å². The largest absolute Gasteiger partial charge is 0.364 e. The molecule has 1 rings (SSSR count). The highest BCUT2D eigenvalue weighted by molar-refractivity contribution is 8.00. The number of hydrogen-bond acceptors (Lipinski definition) is 4. The summed E-state index contributed by atoms with van der Waals surface area (Å²) in [6.07, 6.45) is 5.66. The van der Waals surface area contributed by atoms with Crippen molar-refractivity contribution in [2.75, 3.05) is 19.3 Å². The quantitative estimate of drug-likeness (QED) is 0.754. The minimum atomic E-state index is -0.299. The molecule has 1 amide bonds. The molecule has 19 heavy (non-hydrogen) atoms. The Morgan fingerprint density at radius 3 is 2.47 bits per heavy atom. The molecule has 0 aromatic carbocycles. The molecule has 1 aliphatic rings. The molecule has 0 radical (unpaired) electrons. The molecule has 3 N–H and O–H groups in total. The summed E-state index contributed by atoms with van der Waals surface area (Å²) in [6.45, 7) is 5.56. The lowest BCUT2D eigenvalue weighted by atomic mass is 10.0. The van der Waals surface area contributed by atoms with Crippen molar-refractivity contribution in [1.29, 1.82) is 0 Å². The van der Waals surface area contributed by atoms with E-state index in [0.29, 0.717) is 13.1 Å². The third kappa shape index (κ3) is 5.14. The minimum Gasteiger partial charge on any atom is -0.364 e. The molecule has 4 nitrogen and oxygen atoms in total. The molecule has 2 atom stereocenters. The van der Waals surface area contributed by atoms with Gasteiger partial charge in [0.15, 0.2) is 0 Å². The van der Waals surface area contributed by atoms with Crippen molar-refractivity contribution in [3.05, 3.63) is 0 Å². The van der Waals surface area contributed by atoms with Gasteiger partial charge in [-0.05, 0) is 31.9 Å². The summed E-state index contributed by atoms with van der Waals surface area (Å²) < 4.78 is 5.75. The molecule has 114 valence electrons. The summed E-state index contributed by atoms with van der Waals surface area (Å²) in [7, 11) is 0. The number of carbonyl (C=O) groups is 1. The van der Waals surface area contributed by atoms with Crippen molar-refractivity contribution >= 4 is 30.1 Å². The topological polar surface area (TPSA) is 64.4 Å². The summed E-state index contributed by atoms with van der Waals surface area (Å²) in [5.74, 6) is 0.0197. The second-order valence-electron chi connectivity index (χ2n) is 4.87. The Morgan fingerprint density at radius 1 is 1.42 bits per heavy atom. The third-order valence-corrected chi connectivity index (χ3v) is 5.56. The van der Waals surface area contributed by atoms with Gasteiger partial charge in [0.2, 0.25) is 5.91 Å². The smallest absolute Gasteiger partial charge is 0.249 e. The standard InChI is InChI=1S/C13H26N2O2S.ClH/c1-4-13(5-2,18-3)9-15-12(16)11-7-6-10(8-14)17-11;/h10-11H,4-9,14H2,1-3H3,(H,15,16);1H/t10-,11+;/m1./s1. The number of rotatable bonds is 7. The number of amides is 1. The summed E-state index contributed by atoms with van der Waals surface area (Å²) in [5, 5.41) is 3.04. The maximum atomic E-state index is 12.0. The zero-order chi connectivity index (χ0) is 13.6. The van der Waals surface area contributed by atoms with E-state index in [1.54, 1.807) is 0 Å². The molecular formula is C13H27ClN2O2S. The Balaban J connectivity index is 0.00000324. The van der Waals surface area contributed by atoms with E-state index >= 15 is 0 Å². The van der Waals surface area contributed by atoms with Crippen LogP contribution in [0.1, 0.15) is 39.5 Å². The van der Waals surface area contributed by atoms with Gasteiger partial charge in [-0.15, -0.1) is 12.4 Å². The normalized spacial score (nSPS) is 22.9. The SMILES string of the molecule is CCC(CC)(CNC(=O)[C@@H]1CC[C@H](CN)O1)SC.Cl. The first-order chi connectivity index (χ1) is 8.60. The molecule has 1 saturated heterocycles. The lowest BCUT2D eigenvalue weighted by molar-refractivity contribution is -0.131. The summed E-state index contributed by atoms with van der Waals surface area (Å²) in [5.41, 5.74) is 5.54. The van der Waals surface area contributed by atoms with Gasteiger partial charge in [0.1, 0.15) is 6.10 Å². The van der Waals surface area contributed by atoms with Crippen molar-refractivity contribution < 1.29 is 9.53 Å². The number of nitrogens with two attached hydrogens (primary N) is 1. The monoisotopic (exact) mass is 310 g/mol. The van der Waals surface area contributed by atoms with Crippen molar-refractivity contribution in [1.82, 2.24) is 5.32 Å². The van der Waals surface area contributed by atoms with Crippen LogP contribution in [0.2, 0.25) is 0 Å². The van der Waals surface area contributed by atoms with E-state index in [0.717, 1.165) is 25.7 Å². The van der Waals surface area contributed by atoms with E-state index in [1.165, 1.54) is 0 Å². The average Bonchev–Trinajstić information content (AvgIpc) is 2.89. The third-order valence-electron chi connectivity index (χ3n) is 3.97. The molecule has 0 bridgehead atoms. The van der Waals surface area contributed by atoms with Gasteiger partial charge in [0.25, 0.3) is 0 Å². The van der Waals surface area contributed by atoms with Gasteiger partial charge in [-0.2, -0.15) is 11.8 Å². The lowest BCUT2D eigenvalue weighted by Gasteiger charge is -2.30. The second kappa shape index (κ2) is 9.06. The van der Waals surface area contributed by atoms with Crippen LogP contribution in [0.4, 0.5) is 0 Å². The minimum absolute atomic E-state index is 0. The van der Waals surface area contributed by atoms with Crippen molar-refractivity contribution in [2.45, 2.75) is 56.5 Å². The van der Waals surface area contributed by atoms with E-state index in [9.17, 15) is 4.79 Å². The Hall–Kier alpha value is 0.0300. The first kappa shape index (κ1) is 19.0.